The van der Waals surface area contributed by atoms with E-state index >= 15 is 0 Å². The molecule has 1 saturated heterocycles. The molecule has 0 amide bonds. The van der Waals surface area contributed by atoms with Crippen LogP contribution in [0.2, 0.25) is 5.02 Å². The van der Waals surface area contributed by atoms with Crippen molar-refractivity contribution in [3.05, 3.63) is 70.2 Å². The van der Waals surface area contributed by atoms with Crippen molar-refractivity contribution >= 4 is 23.3 Å². The fourth-order valence-electron chi connectivity index (χ4n) is 5.46. The van der Waals surface area contributed by atoms with Gasteiger partial charge < -0.3 is 36.0 Å². The molecule has 9 nitrogen and oxygen atoms in total. The number of carbonyl (C=O) groups is 1. The Balaban J connectivity index is 1.29. The number of carboxylic acid groups (broad SMARTS) is 1. The maximum Gasteiger partial charge on any atom is 0.335 e. The number of hydrogen-bond acceptors (Lipinski definition) is 8. The molecule has 0 aromatic heterocycles. The van der Waals surface area contributed by atoms with E-state index in [0.717, 1.165) is 11.1 Å². The first kappa shape index (κ1) is 24.2. The summed E-state index contributed by atoms with van der Waals surface area (Å²) in [6.07, 6.45) is -0.0690. The van der Waals surface area contributed by atoms with Crippen LogP contribution in [0.15, 0.2) is 48.5 Å². The molecule has 1 aliphatic heterocycles. The molecular weight excluding hydrogens is 488 g/mol. The third-order valence-corrected chi connectivity index (χ3v) is 7.50. The number of halogens is 1. The Morgan fingerprint density at radius 2 is 1.67 bits per heavy atom. The Hall–Kier alpha value is -3.50. The maximum atomic E-state index is 11.3. The molecule has 2 aliphatic rings. The average molecular weight is 513 g/mol. The molecule has 4 unspecified atom stereocenters. The van der Waals surface area contributed by atoms with Crippen LogP contribution in [0.3, 0.4) is 0 Å². The highest BCUT2D eigenvalue weighted by Gasteiger charge is 2.62. The van der Waals surface area contributed by atoms with Gasteiger partial charge in [-0.3, -0.25) is 5.32 Å². The third-order valence-electron chi connectivity index (χ3n) is 7.12. The molecule has 0 radical (unpaired) electrons. The monoisotopic (exact) mass is 512 g/mol. The van der Waals surface area contributed by atoms with Crippen LogP contribution in [-0.4, -0.2) is 54.6 Å². The third kappa shape index (κ3) is 3.72. The van der Waals surface area contributed by atoms with Crippen molar-refractivity contribution in [3.63, 3.8) is 0 Å². The van der Waals surface area contributed by atoms with Gasteiger partial charge in [0.25, 0.3) is 0 Å². The standard InChI is InChI=1S/C26H25ClN2O7/c1-12-17-18(21(30)23(32)22(31)20(17)27)19(12)26(36)10-25(35,29-26)11-28-16-7-3-5-14(9-16)13-4-2-6-15(8-13)24(33)34/h2-9,12,19,28-32,35-36H,10-11H2,1H3,(H,33,34). The van der Waals surface area contributed by atoms with E-state index in [2.05, 4.69) is 10.6 Å². The van der Waals surface area contributed by atoms with E-state index < -0.39 is 40.6 Å². The molecule has 1 aliphatic carbocycles. The Kier molecular flexibility index (Phi) is 5.57. The topological polar surface area (TPSA) is 163 Å². The van der Waals surface area contributed by atoms with E-state index in [1.165, 1.54) is 6.07 Å². The van der Waals surface area contributed by atoms with E-state index in [4.69, 9.17) is 11.6 Å². The quantitative estimate of drug-likeness (QED) is 0.231. The van der Waals surface area contributed by atoms with Crippen LogP contribution >= 0.6 is 11.6 Å². The van der Waals surface area contributed by atoms with Gasteiger partial charge in [0.05, 0.1) is 17.1 Å². The number of aromatic carboxylic acids is 1. The number of fused-ring (bicyclic) bond motifs is 1. The molecule has 0 bridgehead atoms. The van der Waals surface area contributed by atoms with Crippen LogP contribution in [0.25, 0.3) is 11.1 Å². The highest BCUT2D eigenvalue weighted by atomic mass is 35.5. The van der Waals surface area contributed by atoms with Crippen LogP contribution in [0.1, 0.15) is 46.7 Å². The van der Waals surface area contributed by atoms with Crippen molar-refractivity contribution in [1.29, 1.82) is 0 Å². The molecule has 36 heavy (non-hydrogen) atoms. The van der Waals surface area contributed by atoms with E-state index in [1.807, 2.05) is 18.2 Å². The number of phenolic OH excluding ortho intramolecular Hbond substituents is 3. The van der Waals surface area contributed by atoms with Crippen LogP contribution in [-0.2, 0) is 0 Å². The lowest BCUT2D eigenvalue weighted by Crippen LogP contribution is -2.77. The molecule has 3 aromatic carbocycles. The van der Waals surface area contributed by atoms with Crippen molar-refractivity contribution in [2.24, 2.45) is 0 Å². The van der Waals surface area contributed by atoms with E-state index in [1.54, 1.807) is 31.2 Å². The predicted octanol–water partition coefficient (Wildman–Crippen LogP) is 3.51. The first-order valence-corrected chi connectivity index (χ1v) is 11.7. The second-order valence-electron chi connectivity index (χ2n) is 9.53. The minimum atomic E-state index is -1.56. The Bertz CT molecular complexity index is 1390. The van der Waals surface area contributed by atoms with Gasteiger partial charge in [-0.1, -0.05) is 42.8 Å². The molecule has 1 fully saturated rings. The van der Waals surface area contributed by atoms with E-state index in [0.29, 0.717) is 11.3 Å². The number of benzene rings is 3. The predicted molar refractivity (Wildman–Crippen MR) is 133 cm³/mol. The van der Waals surface area contributed by atoms with Gasteiger partial charge >= 0.3 is 5.97 Å². The van der Waals surface area contributed by atoms with Gasteiger partial charge in [0.1, 0.15) is 11.4 Å². The van der Waals surface area contributed by atoms with Crippen LogP contribution in [0.4, 0.5) is 5.69 Å². The normalized spacial score (nSPS) is 26.4. The molecule has 8 N–H and O–H groups in total. The zero-order valence-electron chi connectivity index (χ0n) is 19.2. The smallest absolute Gasteiger partial charge is 0.335 e. The van der Waals surface area contributed by atoms with Gasteiger partial charge in [-0.2, -0.15) is 0 Å². The van der Waals surface area contributed by atoms with Crippen molar-refractivity contribution < 1.29 is 35.4 Å². The summed E-state index contributed by atoms with van der Waals surface area (Å²) in [5, 5.41) is 67.4. The summed E-state index contributed by atoms with van der Waals surface area (Å²) in [5.41, 5.74) is 0.0638. The summed E-state index contributed by atoms with van der Waals surface area (Å²) < 4.78 is 0. The summed E-state index contributed by atoms with van der Waals surface area (Å²) in [5.74, 6) is -3.92. The molecule has 1 heterocycles. The van der Waals surface area contributed by atoms with E-state index in [-0.39, 0.29) is 35.0 Å². The highest BCUT2D eigenvalue weighted by Crippen LogP contribution is 2.64. The second kappa shape index (κ2) is 8.28. The largest absolute Gasteiger partial charge is 0.504 e. The minimum Gasteiger partial charge on any atom is -0.504 e. The molecular formula is C26H25ClN2O7. The number of nitrogens with one attached hydrogen (secondary N) is 2. The molecule has 0 spiro atoms. The lowest BCUT2D eigenvalue weighted by Gasteiger charge is -2.59. The Labute approximate surface area is 211 Å². The molecule has 4 atom stereocenters. The lowest BCUT2D eigenvalue weighted by molar-refractivity contribution is -0.227. The SMILES string of the molecule is CC1c2c(Cl)c(O)c(O)c(O)c2C1C1(O)CC(O)(CNc2cccc(-c3cccc(C(=O)O)c3)c2)N1. The number of phenols is 3. The fraction of sp³-hybridized carbons (Fsp3) is 0.269. The van der Waals surface area contributed by atoms with Crippen molar-refractivity contribution in [1.82, 2.24) is 5.32 Å². The first-order valence-electron chi connectivity index (χ1n) is 11.3. The van der Waals surface area contributed by atoms with Gasteiger partial charge in [0, 0.05) is 23.6 Å². The minimum absolute atomic E-state index is 0.0510. The van der Waals surface area contributed by atoms with Gasteiger partial charge in [-0.05, 0) is 46.9 Å². The number of aromatic hydroxyl groups is 3. The number of hydrogen-bond donors (Lipinski definition) is 8. The zero-order chi connectivity index (χ0) is 26.0. The molecule has 10 heteroatoms. The van der Waals surface area contributed by atoms with Crippen molar-refractivity contribution in [3.8, 4) is 28.4 Å². The van der Waals surface area contributed by atoms with Crippen LogP contribution in [0.5, 0.6) is 17.2 Å². The maximum absolute atomic E-state index is 11.3. The van der Waals surface area contributed by atoms with Crippen LogP contribution < -0.4 is 10.6 Å². The van der Waals surface area contributed by atoms with Crippen molar-refractivity contribution in [2.45, 2.75) is 36.6 Å². The van der Waals surface area contributed by atoms with Gasteiger partial charge in [0.2, 0.25) is 5.75 Å². The number of anilines is 1. The van der Waals surface area contributed by atoms with E-state index in [9.17, 15) is 35.4 Å². The highest BCUT2D eigenvalue weighted by molar-refractivity contribution is 6.33. The molecule has 5 rings (SSSR count). The van der Waals surface area contributed by atoms with Gasteiger partial charge in [0.15, 0.2) is 11.5 Å². The zero-order valence-corrected chi connectivity index (χ0v) is 19.9. The number of carboxylic acids is 1. The Morgan fingerprint density at radius 3 is 2.33 bits per heavy atom. The summed E-state index contributed by atoms with van der Waals surface area (Å²) in [4.78, 5) is 11.3. The summed E-state index contributed by atoms with van der Waals surface area (Å²) in [6, 6.07) is 13.9. The average Bonchev–Trinajstić information content (AvgIpc) is 2.83. The van der Waals surface area contributed by atoms with Gasteiger partial charge in [-0.15, -0.1) is 0 Å². The number of rotatable bonds is 6. The van der Waals surface area contributed by atoms with Crippen LogP contribution in [0, 0.1) is 0 Å². The first-order chi connectivity index (χ1) is 16.9. The summed E-state index contributed by atoms with van der Waals surface area (Å²) in [7, 11) is 0. The molecule has 188 valence electrons. The lowest BCUT2D eigenvalue weighted by atomic mass is 9.59. The summed E-state index contributed by atoms with van der Waals surface area (Å²) >= 11 is 6.13. The number of aliphatic hydroxyl groups is 2. The second-order valence-corrected chi connectivity index (χ2v) is 9.91. The van der Waals surface area contributed by atoms with Gasteiger partial charge in [-0.25, -0.2) is 4.79 Å². The molecule has 0 saturated carbocycles. The Morgan fingerprint density at radius 1 is 1.03 bits per heavy atom. The molecule has 3 aromatic rings. The van der Waals surface area contributed by atoms with Crippen molar-refractivity contribution in [2.75, 3.05) is 11.9 Å². The summed E-state index contributed by atoms with van der Waals surface area (Å²) in [6.45, 7) is 1.82. The fourth-order valence-corrected chi connectivity index (χ4v) is 5.83.